The minimum absolute atomic E-state index is 0.0669. The van der Waals surface area contributed by atoms with Gasteiger partial charge in [-0.2, -0.15) is 0 Å². The van der Waals surface area contributed by atoms with Crippen molar-refractivity contribution < 1.29 is 28.6 Å². The van der Waals surface area contributed by atoms with E-state index in [0.29, 0.717) is 0 Å². The van der Waals surface area contributed by atoms with E-state index in [0.717, 1.165) is 50.1 Å². The summed E-state index contributed by atoms with van der Waals surface area (Å²) in [6, 6.07) is 23.2. The Balaban J connectivity index is 1.69. The maximum absolute atomic E-state index is 13.3. The smallest absolute Gasteiger partial charge is 0.408 e. The molecule has 0 spiro atoms. The Morgan fingerprint density at radius 2 is 1.00 bits per heavy atom. The van der Waals surface area contributed by atoms with Gasteiger partial charge in [-0.1, -0.05) is 97.1 Å². The van der Waals surface area contributed by atoms with Crippen LogP contribution < -0.4 is 16.0 Å². The number of ether oxygens (including phenoxy) is 3. The van der Waals surface area contributed by atoms with Gasteiger partial charge in [0.05, 0.1) is 23.2 Å². The summed E-state index contributed by atoms with van der Waals surface area (Å²) in [5.74, 6) is 0. The summed E-state index contributed by atoms with van der Waals surface area (Å²) in [4.78, 5) is 39.2. The monoisotopic (exact) mass is 709 g/mol. The third-order valence-electron chi connectivity index (χ3n) is 8.84. The fourth-order valence-corrected chi connectivity index (χ4v) is 5.38. The van der Waals surface area contributed by atoms with E-state index in [-0.39, 0.29) is 19.6 Å². The lowest BCUT2D eigenvalue weighted by molar-refractivity contribution is 0.0236. The predicted octanol–water partition coefficient (Wildman–Crippen LogP) is 9.83. The predicted molar refractivity (Wildman–Crippen MR) is 210 cm³/mol. The molecule has 3 amide bonds. The fourth-order valence-electron chi connectivity index (χ4n) is 5.38. The van der Waals surface area contributed by atoms with Crippen LogP contribution in [0.1, 0.15) is 102 Å². The highest BCUT2D eigenvalue weighted by molar-refractivity contribution is 5.71. The van der Waals surface area contributed by atoms with E-state index in [1.54, 1.807) is 0 Å². The topological polar surface area (TPSA) is 115 Å². The Morgan fingerprint density at radius 3 is 1.46 bits per heavy atom. The molecule has 278 valence electrons. The number of rotatable bonds is 15. The van der Waals surface area contributed by atoms with Gasteiger partial charge in [0.1, 0.15) is 12.7 Å². The van der Waals surface area contributed by atoms with Crippen LogP contribution in [0.2, 0.25) is 0 Å². The minimum Gasteiger partial charge on any atom is -0.449 e. The number of hydrogen-bond donors (Lipinski definition) is 3. The fraction of sp³-hybridized carbons (Fsp3) is 0.372. The lowest BCUT2D eigenvalue weighted by Gasteiger charge is -2.29. The van der Waals surface area contributed by atoms with E-state index in [9.17, 15) is 14.4 Å². The largest absolute Gasteiger partial charge is 0.449 e. The highest BCUT2D eigenvalue weighted by Gasteiger charge is 2.29. The van der Waals surface area contributed by atoms with Gasteiger partial charge in [-0.05, 0) is 108 Å². The van der Waals surface area contributed by atoms with E-state index in [2.05, 4.69) is 35.7 Å². The number of carbonyl (C=O) groups excluding carboxylic acids is 3. The number of amides is 3. The van der Waals surface area contributed by atoms with Crippen LogP contribution >= 0.6 is 0 Å². The zero-order valence-corrected chi connectivity index (χ0v) is 32.2. The van der Waals surface area contributed by atoms with Crippen LogP contribution in [0.25, 0.3) is 16.7 Å². The van der Waals surface area contributed by atoms with Gasteiger partial charge in [0.15, 0.2) is 0 Å². The number of allylic oxidation sites excluding steroid dienone is 3. The average Bonchev–Trinajstić information content (AvgIpc) is 3.06. The number of benzene rings is 3. The van der Waals surface area contributed by atoms with Crippen molar-refractivity contribution in [2.75, 3.05) is 13.2 Å². The highest BCUT2D eigenvalue weighted by Crippen LogP contribution is 2.26. The second kappa shape index (κ2) is 17.3. The van der Waals surface area contributed by atoms with Gasteiger partial charge in [-0.25, -0.2) is 14.4 Å². The first-order valence-electron chi connectivity index (χ1n) is 17.4. The van der Waals surface area contributed by atoms with Crippen molar-refractivity contribution in [2.45, 2.75) is 91.5 Å². The summed E-state index contributed by atoms with van der Waals surface area (Å²) in [6.45, 7) is 28.6. The van der Waals surface area contributed by atoms with Gasteiger partial charge in [-0.3, -0.25) is 0 Å². The van der Waals surface area contributed by atoms with Crippen LogP contribution in [0.3, 0.4) is 0 Å². The van der Waals surface area contributed by atoms with Crippen LogP contribution in [-0.2, 0) is 30.8 Å². The molecule has 0 bridgehead atoms. The van der Waals surface area contributed by atoms with Crippen molar-refractivity contribution in [3.8, 4) is 0 Å². The summed E-state index contributed by atoms with van der Waals surface area (Å²) in [5, 5.41) is 8.69. The molecule has 3 aromatic rings. The molecule has 9 heteroatoms. The van der Waals surface area contributed by atoms with Crippen LogP contribution in [0.4, 0.5) is 14.4 Å². The Morgan fingerprint density at radius 1 is 0.577 bits per heavy atom. The lowest BCUT2D eigenvalue weighted by Crippen LogP contribution is -2.45. The average molecular weight is 710 g/mol. The van der Waals surface area contributed by atoms with Crippen molar-refractivity contribution >= 4 is 35.0 Å². The molecule has 0 aliphatic rings. The SMILES string of the molecule is C=C(C)c1ccc(C(C)(C)NC(=O)OCCC(COC(=O)NC(C)(C)c2cccc(C(=C)C)c2)OC(=O)NC(C)(C)c2cccc(C(=C)C)c2)cc1. The van der Waals surface area contributed by atoms with Gasteiger partial charge >= 0.3 is 18.3 Å². The van der Waals surface area contributed by atoms with E-state index < -0.39 is 41.0 Å². The Hall–Kier alpha value is -5.31. The minimum atomic E-state index is -0.936. The van der Waals surface area contributed by atoms with E-state index >= 15 is 0 Å². The first-order chi connectivity index (χ1) is 24.2. The molecule has 0 heterocycles. The van der Waals surface area contributed by atoms with Gasteiger partial charge in [0.25, 0.3) is 0 Å². The molecular weight excluding hydrogens is 654 g/mol. The summed E-state index contributed by atoms with van der Waals surface area (Å²) in [5.41, 5.74) is 5.96. The summed E-state index contributed by atoms with van der Waals surface area (Å²) in [6.07, 6.45) is -2.94. The molecule has 9 nitrogen and oxygen atoms in total. The molecular formula is C43H55N3O6. The van der Waals surface area contributed by atoms with Crippen molar-refractivity contribution in [1.29, 1.82) is 0 Å². The van der Waals surface area contributed by atoms with Gasteiger partial charge in [0, 0.05) is 6.42 Å². The maximum Gasteiger partial charge on any atom is 0.408 e. The Kier molecular flexibility index (Phi) is 13.7. The maximum atomic E-state index is 13.3. The zero-order chi connectivity index (χ0) is 38.9. The van der Waals surface area contributed by atoms with Crippen LogP contribution in [0.5, 0.6) is 0 Å². The number of hydrogen-bond acceptors (Lipinski definition) is 6. The highest BCUT2D eigenvalue weighted by atomic mass is 16.6. The molecule has 3 N–H and O–H groups in total. The first-order valence-corrected chi connectivity index (χ1v) is 17.4. The standard InChI is InChI=1S/C43H55N3O6/c1-28(2)31-19-21-34(22-20-31)41(7,8)44-38(47)50-24-23-37(52-40(49)46-43(11,12)36-18-14-16-33(26-36)30(5)6)27-51-39(48)45-42(9,10)35-17-13-15-32(25-35)29(3)4/h13-22,25-26,37H,1,3,5,23-24,27H2,2,4,6-12H3,(H,44,47)(H,45,48)(H,46,49). The molecule has 52 heavy (non-hydrogen) atoms. The Bertz CT molecular complexity index is 1790. The third kappa shape index (κ3) is 11.9. The quantitative estimate of drug-likeness (QED) is 0.135. The Labute approximate surface area is 309 Å². The molecule has 0 saturated carbocycles. The van der Waals surface area contributed by atoms with Gasteiger partial charge in [-0.15, -0.1) is 0 Å². The summed E-state index contributed by atoms with van der Waals surface area (Å²) < 4.78 is 16.9. The molecule has 0 aliphatic carbocycles. The van der Waals surface area contributed by atoms with Gasteiger partial charge < -0.3 is 30.2 Å². The van der Waals surface area contributed by atoms with Crippen molar-refractivity contribution in [2.24, 2.45) is 0 Å². The molecule has 0 aliphatic heterocycles. The number of carbonyl (C=O) groups is 3. The number of alkyl carbamates (subject to hydrolysis) is 3. The van der Waals surface area contributed by atoms with Crippen molar-refractivity contribution in [3.63, 3.8) is 0 Å². The van der Waals surface area contributed by atoms with E-state index in [1.165, 1.54) is 0 Å². The normalized spacial score (nSPS) is 12.2. The van der Waals surface area contributed by atoms with Crippen LogP contribution in [-0.4, -0.2) is 37.6 Å². The first kappa shape index (κ1) is 41.1. The molecule has 3 aromatic carbocycles. The molecule has 0 radical (unpaired) electrons. The molecule has 1 unspecified atom stereocenters. The van der Waals surface area contributed by atoms with Crippen molar-refractivity contribution in [3.05, 3.63) is 126 Å². The molecule has 1 atom stereocenters. The molecule has 3 rings (SSSR count). The van der Waals surface area contributed by atoms with Gasteiger partial charge in [0.2, 0.25) is 0 Å². The van der Waals surface area contributed by atoms with Crippen LogP contribution in [0.15, 0.2) is 92.5 Å². The summed E-state index contributed by atoms with van der Waals surface area (Å²) in [7, 11) is 0. The molecule has 0 aromatic heterocycles. The van der Waals surface area contributed by atoms with Crippen LogP contribution in [0, 0.1) is 0 Å². The van der Waals surface area contributed by atoms with Crippen molar-refractivity contribution in [1.82, 2.24) is 16.0 Å². The second-order valence-corrected chi connectivity index (χ2v) is 14.9. The molecule has 0 fully saturated rings. The summed E-state index contributed by atoms with van der Waals surface area (Å²) >= 11 is 0. The third-order valence-corrected chi connectivity index (χ3v) is 8.84. The molecule has 0 saturated heterocycles. The lowest BCUT2D eigenvalue weighted by atomic mass is 9.92. The second-order valence-electron chi connectivity index (χ2n) is 14.9. The zero-order valence-electron chi connectivity index (χ0n) is 32.2. The number of nitrogens with one attached hydrogen (secondary N) is 3. The van der Waals surface area contributed by atoms with E-state index in [4.69, 9.17) is 14.2 Å². The van der Waals surface area contributed by atoms with E-state index in [1.807, 2.05) is 135 Å².